The molecule has 4 heteroatoms. The van der Waals surface area contributed by atoms with Crippen LogP contribution in [-0.4, -0.2) is 21.8 Å². The highest BCUT2D eigenvalue weighted by Gasteiger charge is 2.15. The van der Waals surface area contributed by atoms with Crippen molar-refractivity contribution < 1.29 is 0 Å². The van der Waals surface area contributed by atoms with E-state index in [2.05, 4.69) is 40.5 Å². The number of aromatic nitrogens is 3. The van der Waals surface area contributed by atoms with E-state index in [4.69, 9.17) is 0 Å². The number of pyridine rings is 1. The summed E-state index contributed by atoms with van der Waals surface area (Å²) < 4.78 is 1.94. The highest BCUT2D eigenvalue weighted by Crippen LogP contribution is 2.17. The SMILES string of the molecule is CCc1ccc(CC(NC)c2cc(C)nn2C)nc1. The van der Waals surface area contributed by atoms with Gasteiger partial charge in [0.1, 0.15) is 0 Å². The minimum atomic E-state index is 0.242. The molecule has 1 unspecified atom stereocenters. The van der Waals surface area contributed by atoms with Gasteiger partial charge in [-0.1, -0.05) is 13.0 Å². The molecule has 0 amide bonds. The molecule has 1 N–H and O–H groups in total. The maximum atomic E-state index is 4.53. The summed E-state index contributed by atoms with van der Waals surface area (Å²) >= 11 is 0. The molecule has 0 saturated carbocycles. The van der Waals surface area contributed by atoms with Crippen molar-refractivity contribution in [3.8, 4) is 0 Å². The van der Waals surface area contributed by atoms with Gasteiger partial charge in [0.25, 0.3) is 0 Å². The molecule has 4 nitrogen and oxygen atoms in total. The number of rotatable bonds is 5. The Morgan fingerprint density at radius 1 is 1.37 bits per heavy atom. The second-order valence-corrected chi connectivity index (χ2v) is 4.89. The summed E-state index contributed by atoms with van der Waals surface area (Å²) in [5.74, 6) is 0. The summed E-state index contributed by atoms with van der Waals surface area (Å²) in [5.41, 5.74) is 4.63. The third-order valence-electron chi connectivity index (χ3n) is 3.45. The third-order valence-corrected chi connectivity index (χ3v) is 3.45. The Balaban J connectivity index is 2.16. The molecule has 2 aromatic rings. The number of nitrogens with zero attached hydrogens (tertiary/aromatic N) is 3. The molecule has 0 spiro atoms. The van der Waals surface area contributed by atoms with Gasteiger partial charge < -0.3 is 5.32 Å². The fraction of sp³-hybridized carbons (Fsp3) is 0.467. The Bertz CT molecular complexity index is 528. The number of hydrogen-bond donors (Lipinski definition) is 1. The maximum absolute atomic E-state index is 4.53. The van der Waals surface area contributed by atoms with Crippen LogP contribution in [0.2, 0.25) is 0 Å². The first kappa shape index (κ1) is 13.7. The van der Waals surface area contributed by atoms with E-state index in [1.807, 2.05) is 31.9 Å². The highest BCUT2D eigenvalue weighted by atomic mass is 15.3. The second-order valence-electron chi connectivity index (χ2n) is 4.89. The standard InChI is InChI=1S/C15H22N4/c1-5-12-6-7-13(17-10-12)9-14(16-3)15-8-11(2)18-19(15)4/h6-8,10,14,16H,5,9H2,1-4H3. The van der Waals surface area contributed by atoms with E-state index >= 15 is 0 Å². The Kier molecular flexibility index (Phi) is 4.32. The monoisotopic (exact) mass is 258 g/mol. The van der Waals surface area contributed by atoms with E-state index in [1.165, 1.54) is 11.3 Å². The number of likely N-dealkylation sites (N-methyl/N-ethyl adjacent to an activating group) is 1. The van der Waals surface area contributed by atoms with Gasteiger partial charge in [0.05, 0.1) is 17.4 Å². The minimum absolute atomic E-state index is 0.242. The van der Waals surface area contributed by atoms with E-state index in [0.29, 0.717) is 0 Å². The lowest BCUT2D eigenvalue weighted by atomic mass is 10.1. The van der Waals surface area contributed by atoms with Crippen LogP contribution < -0.4 is 5.32 Å². The Hall–Kier alpha value is -1.68. The summed E-state index contributed by atoms with van der Waals surface area (Å²) in [6.45, 7) is 4.16. The van der Waals surface area contributed by atoms with Gasteiger partial charge in [-0.2, -0.15) is 5.10 Å². The molecular formula is C15H22N4. The van der Waals surface area contributed by atoms with Crippen LogP contribution in [0.4, 0.5) is 0 Å². The molecule has 0 aliphatic rings. The van der Waals surface area contributed by atoms with E-state index in [-0.39, 0.29) is 6.04 Å². The van der Waals surface area contributed by atoms with Crippen LogP contribution in [-0.2, 0) is 19.9 Å². The van der Waals surface area contributed by atoms with Gasteiger partial charge >= 0.3 is 0 Å². The maximum Gasteiger partial charge on any atom is 0.0597 e. The molecule has 2 rings (SSSR count). The van der Waals surface area contributed by atoms with Crippen LogP contribution in [0.5, 0.6) is 0 Å². The lowest BCUT2D eigenvalue weighted by molar-refractivity contribution is 0.532. The van der Waals surface area contributed by atoms with Crippen LogP contribution in [0.1, 0.15) is 35.6 Å². The average molecular weight is 258 g/mol. The second kappa shape index (κ2) is 5.97. The normalized spacial score (nSPS) is 12.6. The van der Waals surface area contributed by atoms with Gasteiger partial charge in [0.2, 0.25) is 0 Å². The fourth-order valence-electron chi connectivity index (χ4n) is 2.31. The van der Waals surface area contributed by atoms with Crippen molar-refractivity contribution in [2.75, 3.05) is 7.05 Å². The lowest BCUT2D eigenvalue weighted by Crippen LogP contribution is -2.22. The van der Waals surface area contributed by atoms with Gasteiger partial charge in [-0.3, -0.25) is 9.67 Å². The van der Waals surface area contributed by atoms with Gasteiger partial charge in [0, 0.05) is 25.4 Å². The van der Waals surface area contributed by atoms with E-state index in [9.17, 15) is 0 Å². The summed E-state index contributed by atoms with van der Waals surface area (Å²) in [6, 6.07) is 6.64. The zero-order valence-electron chi connectivity index (χ0n) is 12.1. The molecule has 102 valence electrons. The first-order valence-corrected chi connectivity index (χ1v) is 6.75. The molecule has 0 radical (unpaired) electrons. The number of hydrogen-bond acceptors (Lipinski definition) is 3. The predicted molar refractivity (Wildman–Crippen MR) is 77.1 cm³/mol. The van der Waals surface area contributed by atoms with Crippen LogP contribution in [0, 0.1) is 6.92 Å². The van der Waals surface area contributed by atoms with Gasteiger partial charge in [-0.25, -0.2) is 0 Å². The van der Waals surface area contributed by atoms with Crippen LogP contribution in [0.15, 0.2) is 24.4 Å². The molecule has 1 atom stereocenters. The summed E-state index contributed by atoms with van der Waals surface area (Å²) in [5, 5.41) is 7.75. The highest BCUT2D eigenvalue weighted by molar-refractivity contribution is 5.19. The quantitative estimate of drug-likeness (QED) is 0.894. The molecule has 19 heavy (non-hydrogen) atoms. The van der Waals surface area contributed by atoms with Crippen molar-refractivity contribution in [3.05, 3.63) is 47.0 Å². The van der Waals surface area contributed by atoms with Gasteiger partial charge in [-0.05, 0) is 38.1 Å². The minimum Gasteiger partial charge on any atom is -0.311 e. The van der Waals surface area contributed by atoms with Crippen molar-refractivity contribution in [2.45, 2.75) is 32.7 Å². The molecule has 0 aromatic carbocycles. The van der Waals surface area contributed by atoms with Crippen LogP contribution in [0.25, 0.3) is 0 Å². The lowest BCUT2D eigenvalue weighted by Gasteiger charge is -2.16. The topological polar surface area (TPSA) is 42.7 Å². The first-order chi connectivity index (χ1) is 9.13. The van der Waals surface area contributed by atoms with Crippen molar-refractivity contribution in [2.24, 2.45) is 7.05 Å². The zero-order chi connectivity index (χ0) is 13.8. The molecule has 0 bridgehead atoms. The number of aryl methyl sites for hydroxylation is 3. The molecule has 2 aromatic heterocycles. The molecular weight excluding hydrogens is 236 g/mol. The van der Waals surface area contributed by atoms with Crippen LogP contribution in [0.3, 0.4) is 0 Å². The van der Waals surface area contributed by atoms with Crippen molar-refractivity contribution in [1.82, 2.24) is 20.1 Å². The Morgan fingerprint density at radius 3 is 2.63 bits per heavy atom. The Morgan fingerprint density at radius 2 is 2.16 bits per heavy atom. The first-order valence-electron chi connectivity index (χ1n) is 6.75. The van der Waals surface area contributed by atoms with Crippen molar-refractivity contribution >= 4 is 0 Å². The summed E-state index contributed by atoms with van der Waals surface area (Å²) in [7, 11) is 3.97. The van der Waals surface area contributed by atoms with Crippen molar-refractivity contribution in [1.29, 1.82) is 0 Å². The van der Waals surface area contributed by atoms with E-state index in [0.717, 1.165) is 24.2 Å². The van der Waals surface area contributed by atoms with E-state index in [1.54, 1.807) is 0 Å². The van der Waals surface area contributed by atoms with Gasteiger partial charge in [0.15, 0.2) is 0 Å². The van der Waals surface area contributed by atoms with Crippen molar-refractivity contribution in [3.63, 3.8) is 0 Å². The molecule has 0 aliphatic carbocycles. The Labute approximate surface area is 114 Å². The summed E-state index contributed by atoms with van der Waals surface area (Å²) in [6.07, 6.45) is 3.87. The third kappa shape index (κ3) is 3.20. The van der Waals surface area contributed by atoms with E-state index < -0.39 is 0 Å². The molecule has 2 heterocycles. The largest absolute Gasteiger partial charge is 0.311 e. The van der Waals surface area contributed by atoms with Crippen LogP contribution >= 0.6 is 0 Å². The average Bonchev–Trinajstić information content (AvgIpc) is 2.75. The molecule has 0 fully saturated rings. The molecule has 0 aliphatic heterocycles. The molecule has 0 saturated heterocycles. The number of nitrogens with one attached hydrogen (secondary N) is 1. The summed E-state index contributed by atoms with van der Waals surface area (Å²) in [4.78, 5) is 4.53. The van der Waals surface area contributed by atoms with Gasteiger partial charge in [-0.15, -0.1) is 0 Å². The smallest absolute Gasteiger partial charge is 0.0597 e. The zero-order valence-corrected chi connectivity index (χ0v) is 12.1. The predicted octanol–water partition coefficient (Wildman–Crippen LogP) is 2.19. The fourth-order valence-corrected chi connectivity index (χ4v) is 2.31.